The Bertz CT molecular complexity index is 382. The molecule has 0 aliphatic rings. The number of carboxylic acid groups (broad SMARTS) is 2. The van der Waals surface area contributed by atoms with Gasteiger partial charge in [0.15, 0.2) is 0 Å². The smallest absolute Gasteiger partial charge is 0.336 e. The van der Waals surface area contributed by atoms with Gasteiger partial charge in [0.1, 0.15) is 4.84 Å². The number of hydrogen-bond acceptors (Lipinski definition) is 2. The molecule has 0 bridgehead atoms. The summed E-state index contributed by atoms with van der Waals surface area (Å²) >= 11 is 11.1. The van der Waals surface area contributed by atoms with Crippen LogP contribution < -0.4 is 0 Å². The van der Waals surface area contributed by atoms with Crippen molar-refractivity contribution in [2.75, 3.05) is 0 Å². The fraction of sp³-hybridized carbons (Fsp3) is 0.111. The first-order valence-electron chi connectivity index (χ1n) is 3.82. The van der Waals surface area contributed by atoms with Crippen molar-refractivity contribution in [2.45, 2.75) is 4.84 Å². The van der Waals surface area contributed by atoms with E-state index in [0.717, 1.165) is 0 Å². The monoisotopic (exact) mass is 248 g/mol. The van der Waals surface area contributed by atoms with E-state index >= 15 is 0 Å². The van der Waals surface area contributed by atoms with Crippen molar-refractivity contribution in [1.82, 2.24) is 0 Å². The molecule has 0 fully saturated rings. The van der Waals surface area contributed by atoms with Crippen LogP contribution in [0.4, 0.5) is 0 Å². The van der Waals surface area contributed by atoms with Crippen LogP contribution in [-0.2, 0) is 0 Å². The zero-order chi connectivity index (χ0) is 11.6. The Morgan fingerprint density at radius 2 is 1.47 bits per heavy atom. The quantitative estimate of drug-likeness (QED) is 0.807. The molecule has 0 heterocycles. The van der Waals surface area contributed by atoms with Crippen LogP contribution in [0.1, 0.15) is 31.1 Å². The summed E-state index contributed by atoms with van der Waals surface area (Å²) < 4.78 is 0. The van der Waals surface area contributed by atoms with E-state index in [4.69, 9.17) is 33.4 Å². The Kier molecular flexibility index (Phi) is 3.55. The van der Waals surface area contributed by atoms with Gasteiger partial charge in [0.2, 0.25) is 0 Å². The molecule has 0 aliphatic heterocycles. The first-order valence-corrected chi connectivity index (χ1v) is 4.70. The lowest BCUT2D eigenvalue weighted by Gasteiger charge is -2.09. The van der Waals surface area contributed by atoms with Gasteiger partial charge < -0.3 is 10.2 Å². The second-order valence-electron chi connectivity index (χ2n) is 2.68. The number of benzene rings is 1. The van der Waals surface area contributed by atoms with Crippen LogP contribution in [0.2, 0.25) is 0 Å². The molecule has 0 aliphatic carbocycles. The molecule has 80 valence electrons. The predicted octanol–water partition coefficient (Wildman–Crippen LogP) is 2.56. The minimum Gasteiger partial charge on any atom is -0.478 e. The second-order valence-corrected chi connectivity index (χ2v) is 3.77. The Morgan fingerprint density at radius 1 is 1.07 bits per heavy atom. The van der Waals surface area contributed by atoms with Crippen molar-refractivity contribution in [3.05, 3.63) is 34.9 Å². The Hall–Kier alpha value is -1.26. The number of rotatable bonds is 3. The van der Waals surface area contributed by atoms with E-state index in [1.54, 1.807) is 0 Å². The average Bonchev–Trinajstić information content (AvgIpc) is 2.16. The lowest BCUT2D eigenvalue weighted by molar-refractivity contribution is 0.0696. The molecule has 2 N–H and O–H groups in total. The van der Waals surface area contributed by atoms with Crippen molar-refractivity contribution in [2.24, 2.45) is 0 Å². The minimum atomic E-state index is -1.26. The molecule has 15 heavy (non-hydrogen) atoms. The number of carbonyl (C=O) groups is 2. The highest BCUT2D eigenvalue weighted by Crippen LogP contribution is 2.31. The Morgan fingerprint density at radius 3 is 1.73 bits per heavy atom. The highest BCUT2D eigenvalue weighted by atomic mass is 35.5. The van der Waals surface area contributed by atoms with Gasteiger partial charge in [0, 0.05) is 5.56 Å². The first kappa shape index (κ1) is 11.8. The molecule has 4 nitrogen and oxygen atoms in total. The largest absolute Gasteiger partial charge is 0.478 e. The zero-order valence-corrected chi connectivity index (χ0v) is 8.79. The summed E-state index contributed by atoms with van der Waals surface area (Å²) in [4.78, 5) is 20.4. The van der Waals surface area contributed by atoms with Gasteiger partial charge in [0.25, 0.3) is 0 Å². The van der Waals surface area contributed by atoms with Crippen LogP contribution in [0.15, 0.2) is 18.2 Å². The fourth-order valence-corrected chi connectivity index (χ4v) is 1.64. The Labute approximate surface area is 95.0 Å². The summed E-state index contributed by atoms with van der Waals surface area (Å²) in [6.45, 7) is 0. The maximum Gasteiger partial charge on any atom is 0.336 e. The van der Waals surface area contributed by atoms with Gasteiger partial charge in [-0.3, -0.25) is 0 Å². The van der Waals surface area contributed by atoms with Crippen molar-refractivity contribution in [3.8, 4) is 0 Å². The van der Waals surface area contributed by atoms with Crippen LogP contribution in [-0.4, -0.2) is 22.2 Å². The van der Waals surface area contributed by atoms with Gasteiger partial charge in [-0.25, -0.2) is 9.59 Å². The fourth-order valence-electron chi connectivity index (χ4n) is 1.17. The molecule has 0 saturated heterocycles. The number of aromatic carboxylic acids is 2. The first-order chi connectivity index (χ1) is 6.95. The molecule has 1 aromatic carbocycles. The van der Waals surface area contributed by atoms with Gasteiger partial charge in [0.05, 0.1) is 11.1 Å². The lowest BCUT2D eigenvalue weighted by Crippen LogP contribution is -2.09. The summed E-state index contributed by atoms with van der Waals surface area (Å²) in [5.74, 6) is -2.53. The molecule has 0 amide bonds. The lowest BCUT2D eigenvalue weighted by atomic mass is 10.0. The third-order valence-electron chi connectivity index (χ3n) is 1.79. The highest BCUT2D eigenvalue weighted by molar-refractivity contribution is 6.44. The zero-order valence-electron chi connectivity index (χ0n) is 7.28. The number of hydrogen-bond donors (Lipinski definition) is 2. The average molecular weight is 249 g/mol. The summed E-state index contributed by atoms with van der Waals surface area (Å²) in [5, 5.41) is 17.6. The normalized spacial score (nSPS) is 10.3. The summed E-state index contributed by atoms with van der Waals surface area (Å²) in [5.41, 5.74) is -0.504. The predicted molar refractivity (Wildman–Crippen MR) is 54.8 cm³/mol. The van der Waals surface area contributed by atoms with E-state index in [2.05, 4.69) is 0 Å². The molecule has 0 unspecified atom stereocenters. The standard InChI is InChI=1S/C9H6Cl2O4/c10-7(11)6-4(8(12)13)2-1-3-5(6)9(14)15/h1-3,7H,(H,12,13)(H,14,15). The van der Waals surface area contributed by atoms with E-state index in [0.29, 0.717) is 0 Å². The minimum absolute atomic E-state index is 0.0965. The van der Waals surface area contributed by atoms with Crippen LogP contribution in [0, 0.1) is 0 Å². The van der Waals surface area contributed by atoms with Gasteiger partial charge >= 0.3 is 11.9 Å². The van der Waals surface area contributed by atoms with Crippen molar-refractivity contribution in [3.63, 3.8) is 0 Å². The number of alkyl halides is 2. The van der Waals surface area contributed by atoms with E-state index in [1.165, 1.54) is 18.2 Å². The molecule has 0 aromatic heterocycles. The summed E-state index contributed by atoms with van der Waals surface area (Å²) in [7, 11) is 0. The van der Waals surface area contributed by atoms with Crippen molar-refractivity contribution < 1.29 is 19.8 Å². The van der Waals surface area contributed by atoms with Crippen molar-refractivity contribution in [1.29, 1.82) is 0 Å². The Balaban J connectivity index is 3.48. The van der Waals surface area contributed by atoms with E-state index in [9.17, 15) is 9.59 Å². The topological polar surface area (TPSA) is 74.6 Å². The van der Waals surface area contributed by atoms with Crippen LogP contribution in [0.25, 0.3) is 0 Å². The van der Waals surface area contributed by atoms with Crippen LogP contribution in [0.3, 0.4) is 0 Å². The molecule has 0 spiro atoms. The molecule has 0 atom stereocenters. The number of halogens is 2. The highest BCUT2D eigenvalue weighted by Gasteiger charge is 2.22. The SMILES string of the molecule is O=C(O)c1cccc(C(=O)O)c1C(Cl)Cl. The maximum atomic E-state index is 10.8. The van der Waals surface area contributed by atoms with E-state index in [-0.39, 0.29) is 16.7 Å². The third kappa shape index (κ3) is 2.40. The molecule has 1 aromatic rings. The summed E-state index contributed by atoms with van der Waals surface area (Å²) in [6.07, 6.45) is 0. The van der Waals surface area contributed by atoms with Gasteiger partial charge in [-0.05, 0) is 12.1 Å². The van der Waals surface area contributed by atoms with Gasteiger partial charge in [-0.1, -0.05) is 6.07 Å². The van der Waals surface area contributed by atoms with Gasteiger partial charge in [-0.15, -0.1) is 23.2 Å². The van der Waals surface area contributed by atoms with Gasteiger partial charge in [-0.2, -0.15) is 0 Å². The molecular weight excluding hydrogens is 243 g/mol. The second kappa shape index (κ2) is 4.51. The van der Waals surface area contributed by atoms with Crippen LogP contribution >= 0.6 is 23.2 Å². The molecular formula is C9H6Cl2O4. The molecule has 1 rings (SSSR count). The molecule has 6 heteroatoms. The molecule has 0 saturated carbocycles. The maximum absolute atomic E-state index is 10.8. The van der Waals surface area contributed by atoms with Crippen molar-refractivity contribution >= 4 is 35.1 Å². The summed E-state index contributed by atoms with van der Waals surface area (Å²) in [6, 6.07) is 3.83. The van der Waals surface area contributed by atoms with E-state index < -0.39 is 16.8 Å². The van der Waals surface area contributed by atoms with E-state index in [1.807, 2.05) is 0 Å². The number of carboxylic acids is 2. The van der Waals surface area contributed by atoms with Crippen LogP contribution in [0.5, 0.6) is 0 Å². The molecule has 0 radical (unpaired) electrons. The third-order valence-corrected chi connectivity index (χ3v) is 2.22.